The molecule has 0 aliphatic carbocycles. The molecule has 426 valence electrons. The number of aryl methyl sites for hydroxylation is 19. The summed E-state index contributed by atoms with van der Waals surface area (Å²) in [5.74, 6) is 3.50. The van der Waals surface area contributed by atoms with Crippen molar-refractivity contribution in [2.75, 3.05) is 0 Å². The van der Waals surface area contributed by atoms with Crippen LogP contribution in [-0.4, -0.2) is 67.2 Å². The van der Waals surface area contributed by atoms with E-state index in [-0.39, 0.29) is 0 Å². The molecule has 0 aliphatic heterocycles. The van der Waals surface area contributed by atoms with E-state index in [0.717, 1.165) is 68.3 Å². The first-order valence-corrected chi connectivity index (χ1v) is 28.2. The second-order valence-corrected chi connectivity index (χ2v) is 21.6. The van der Waals surface area contributed by atoms with E-state index < -0.39 is 0 Å². The van der Waals surface area contributed by atoms with E-state index in [2.05, 4.69) is 107 Å². The predicted octanol–water partition coefficient (Wildman–Crippen LogP) is 15.2. The van der Waals surface area contributed by atoms with Crippen LogP contribution < -0.4 is 0 Å². The lowest BCUT2D eigenvalue weighted by Crippen LogP contribution is -1.86. The van der Waals surface area contributed by atoms with Crippen molar-refractivity contribution in [1.82, 2.24) is 67.2 Å². The Balaban J connectivity index is 0.000000431. The molecule has 12 heterocycles. The second kappa shape index (κ2) is 41.7. The molecule has 0 fully saturated rings. The van der Waals surface area contributed by atoms with Crippen LogP contribution in [0.15, 0.2) is 138 Å². The topological polar surface area (TPSA) is 230 Å². The van der Waals surface area contributed by atoms with Crippen LogP contribution in [-0.2, 0) is 14.1 Å². The van der Waals surface area contributed by atoms with E-state index in [4.69, 9.17) is 13.6 Å². The van der Waals surface area contributed by atoms with Crippen LogP contribution in [0.4, 0.5) is 0 Å². The van der Waals surface area contributed by atoms with Gasteiger partial charge in [-0.15, -0.1) is 0 Å². The first-order valence-electron chi connectivity index (χ1n) is 24.3. The predicted molar refractivity (Wildman–Crippen MR) is 320 cm³/mol. The van der Waals surface area contributed by atoms with Gasteiger partial charge in [-0.3, -0.25) is 9.36 Å². The number of rotatable bonds is 0. The Morgan fingerprint density at radius 1 is 0.443 bits per heavy atom. The van der Waals surface area contributed by atoms with Crippen molar-refractivity contribution < 1.29 is 22.6 Å². The average Bonchev–Trinajstić information content (AvgIpc) is 4.21. The van der Waals surface area contributed by atoms with Gasteiger partial charge in [0, 0.05) is 99.3 Å². The monoisotopic (exact) mass is 1170 g/mol. The highest BCUT2D eigenvalue weighted by Gasteiger charge is 1.93. The molecule has 0 aliphatic rings. The first-order chi connectivity index (χ1) is 37.5. The maximum absolute atomic E-state index is 4.71. The summed E-state index contributed by atoms with van der Waals surface area (Å²) in [6, 6.07) is 17.6. The van der Waals surface area contributed by atoms with Gasteiger partial charge in [0.15, 0.2) is 0 Å². The molecule has 0 N–H and O–H groups in total. The molecule has 12 aromatic heterocycles. The fourth-order valence-electron chi connectivity index (χ4n) is 4.62. The number of aromatic nitrogens is 14. The molecular formula is C55H76N14O5S5. The molecule has 0 amide bonds. The summed E-state index contributed by atoms with van der Waals surface area (Å²) in [5.41, 5.74) is 9.79. The summed E-state index contributed by atoms with van der Waals surface area (Å²) in [6.45, 7) is 33.5. The zero-order valence-corrected chi connectivity index (χ0v) is 52.9. The largest absolute Gasteiger partial charge is 0.365 e. The zero-order chi connectivity index (χ0) is 59.0. The molecule has 79 heavy (non-hydrogen) atoms. The maximum atomic E-state index is 4.71. The van der Waals surface area contributed by atoms with Gasteiger partial charge in [-0.2, -0.15) is 23.3 Å². The first kappa shape index (κ1) is 69.6. The lowest BCUT2D eigenvalue weighted by atomic mass is 10.3. The molecule has 0 aromatic carbocycles. The van der Waals surface area contributed by atoms with Gasteiger partial charge in [-0.25, -0.2) is 8.75 Å². The number of nitrogens with zero attached hydrogens (tertiary/aromatic N) is 14. The van der Waals surface area contributed by atoms with Gasteiger partial charge in [0.2, 0.25) is 0 Å². The van der Waals surface area contributed by atoms with E-state index in [1.807, 2.05) is 164 Å². The molecule has 0 atom stereocenters. The molecule has 12 rings (SSSR count). The fraction of sp³-hybridized carbons (Fsp3) is 0.345. The van der Waals surface area contributed by atoms with E-state index in [1.54, 1.807) is 87.3 Å². The highest BCUT2D eigenvalue weighted by Crippen LogP contribution is 2.09. The third-order valence-electron chi connectivity index (χ3n) is 8.71. The highest BCUT2D eigenvalue weighted by molar-refractivity contribution is 7.06. The molecule has 0 spiro atoms. The van der Waals surface area contributed by atoms with Gasteiger partial charge in [0.1, 0.15) is 29.3 Å². The van der Waals surface area contributed by atoms with E-state index in [0.29, 0.717) is 0 Å². The average molecular weight is 1170 g/mol. The smallest absolute Gasteiger partial charge is 0.136 e. The summed E-state index contributed by atoms with van der Waals surface area (Å²) in [7, 11) is 3.80. The number of hydrogen-bond donors (Lipinski definition) is 0. The Labute approximate surface area is 485 Å². The Hall–Kier alpha value is -7.38. The van der Waals surface area contributed by atoms with Gasteiger partial charge in [0.25, 0.3) is 0 Å². The van der Waals surface area contributed by atoms with Gasteiger partial charge >= 0.3 is 0 Å². The molecule has 0 unspecified atom stereocenters. The Bertz CT molecular complexity index is 2640. The van der Waals surface area contributed by atoms with Crippen molar-refractivity contribution in [2.45, 2.75) is 118 Å². The minimum atomic E-state index is 0.856. The highest BCUT2D eigenvalue weighted by atomic mass is 32.1. The Morgan fingerprint density at radius 3 is 1.20 bits per heavy atom. The normalized spacial score (nSPS) is 9.20. The van der Waals surface area contributed by atoms with Crippen LogP contribution >= 0.6 is 57.7 Å². The Morgan fingerprint density at radius 2 is 1.08 bits per heavy atom. The molecule has 12 aromatic rings. The van der Waals surface area contributed by atoms with Crippen LogP contribution in [0.3, 0.4) is 0 Å². The summed E-state index contributed by atoms with van der Waals surface area (Å²) < 4.78 is 46.6. The van der Waals surface area contributed by atoms with Gasteiger partial charge in [0.05, 0.1) is 52.8 Å². The summed E-state index contributed by atoms with van der Waals surface area (Å²) in [6.07, 6.45) is 15.8. The third-order valence-corrected chi connectivity index (χ3v) is 12.4. The molecule has 19 nitrogen and oxygen atoms in total. The van der Waals surface area contributed by atoms with Crippen LogP contribution in [0.5, 0.6) is 0 Å². The van der Waals surface area contributed by atoms with Crippen LogP contribution in [0, 0.1) is 118 Å². The van der Waals surface area contributed by atoms with Crippen LogP contribution in [0.1, 0.15) is 93.4 Å². The van der Waals surface area contributed by atoms with Gasteiger partial charge in [-0.1, -0.05) is 25.8 Å². The third kappa shape index (κ3) is 38.8. The molecule has 24 heteroatoms. The standard InChI is InChI=1S/C5H8N2.3C5H7NO.3C5H7NS.C4H6N2.2C4H5NO.2C4H5NS/c1-5-3-4-7(2)6-5;1-4-3-6-7-5(4)2;2*1-4-3-5(2)7-6-4;1-4-3-6-7-5(4)2;2*1-4-3-5(2)7-6-4;1-6-4-2-3-5-6;1-4-2-5-6-3-4;1-4-2-3-5-6-4;1-4-2-3-6-5-4;1-4-2-3-5-6-4/h3-4H,1-2H3;6*3H,1-2H3;2-4H,1H3;4*2-3H,1H3. The minimum absolute atomic E-state index is 0.856. The Kier molecular flexibility index (Phi) is 36.7. The van der Waals surface area contributed by atoms with Crippen molar-refractivity contribution in [1.29, 1.82) is 0 Å². The second-order valence-electron chi connectivity index (χ2n) is 16.8. The molecule has 0 saturated heterocycles. The molecule has 0 bridgehead atoms. The molecule has 0 radical (unpaired) electrons. The van der Waals surface area contributed by atoms with Crippen molar-refractivity contribution in [3.05, 3.63) is 209 Å². The van der Waals surface area contributed by atoms with Gasteiger partial charge < -0.3 is 22.6 Å². The van der Waals surface area contributed by atoms with E-state index in [1.165, 1.54) is 48.1 Å². The maximum Gasteiger partial charge on any atom is 0.136 e. The van der Waals surface area contributed by atoms with E-state index in [9.17, 15) is 0 Å². The fourth-order valence-corrected chi connectivity index (χ4v) is 7.27. The van der Waals surface area contributed by atoms with Crippen LogP contribution in [0.25, 0.3) is 0 Å². The van der Waals surface area contributed by atoms with Crippen molar-refractivity contribution in [3.8, 4) is 0 Å². The molecule has 0 saturated carbocycles. The van der Waals surface area contributed by atoms with Crippen molar-refractivity contribution in [3.63, 3.8) is 0 Å². The van der Waals surface area contributed by atoms with Crippen molar-refractivity contribution >= 4 is 57.7 Å². The minimum Gasteiger partial charge on any atom is -0.365 e. The van der Waals surface area contributed by atoms with Crippen LogP contribution in [0.2, 0.25) is 0 Å². The van der Waals surface area contributed by atoms with E-state index >= 15 is 0 Å². The van der Waals surface area contributed by atoms with Gasteiger partial charge in [-0.05, 0) is 217 Å². The zero-order valence-electron chi connectivity index (χ0n) is 48.8. The van der Waals surface area contributed by atoms with Crippen molar-refractivity contribution in [2.24, 2.45) is 14.1 Å². The lowest BCUT2D eigenvalue weighted by molar-refractivity contribution is 0.393. The SMILES string of the molecule is Cc1cc(C)on1.Cc1cc(C)on1.Cc1cc(C)sn1.Cc1cc(C)sn1.Cc1ccn(C)n1.Cc1ccno1.Cc1ccns1.Cc1ccsn1.Cc1cnoc1.Cc1cnoc1C.Cc1cnsc1C.Cn1cccn1. The quantitative estimate of drug-likeness (QED) is 0.137. The summed E-state index contributed by atoms with van der Waals surface area (Å²) >= 11 is 7.68. The molecular weight excluding hydrogens is 1100 g/mol. The summed E-state index contributed by atoms with van der Waals surface area (Å²) in [4.78, 5) is 5.17. The lowest BCUT2D eigenvalue weighted by Gasteiger charge is -1.79. The number of hydrogen-bond acceptors (Lipinski definition) is 22. The summed E-state index contributed by atoms with van der Waals surface area (Å²) in [5, 5.41) is 27.6.